The Labute approximate surface area is 127 Å². The van der Waals surface area contributed by atoms with Crippen LogP contribution in [0.2, 0.25) is 0 Å². The van der Waals surface area contributed by atoms with E-state index in [1.165, 1.54) is 0 Å². The first-order valence-electron chi connectivity index (χ1n) is 7.99. The monoisotopic (exact) mass is 299 g/mol. The number of nitrogens with zero attached hydrogens (tertiary/aromatic N) is 1. The highest BCUT2D eigenvalue weighted by atomic mass is 16.6. The minimum Gasteiger partial charge on any atom is -0.450 e. The second-order valence-corrected chi connectivity index (χ2v) is 5.90. The van der Waals surface area contributed by atoms with Crippen molar-refractivity contribution in [1.29, 1.82) is 0 Å². The molecule has 0 saturated carbocycles. The molecular formula is C15H29N3O3. The highest BCUT2D eigenvalue weighted by molar-refractivity contribution is 5.74. The molecule has 6 nitrogen and oxygen atoms in total. The van der Waals surface area contributed by atoms with Crippen LogP contribution in [0.5, 0.6) is 0 Å². The van der Waals surface area contributed by atoms with Gasteiger partial charge in [0.1, 0.15) is 0 Å². The highest BCUT2D eigenvalue weighted by Gasteiger charge is 2.24. The highest BCUT2D eigenvalue weighted by Crippen LogP contribution is 2.11. The number of hydrogen-bond donors (Lipinski definition) is 2. The van der Waals surface area contributed by atoms with Gasteiger partial charge in [0.2, 0.25) is 0 Å². The number of carbonyl (C=O) groups is 2. The second kappa shape index (κ2) is 9.47. The van der Waals surface area contributed by atoms with Gasteiger partial charge in [0.05, 0.1) is 6.61 Å². The standard InChI is InChI=1S/C15H29N3O3/c1-4-21-15(20)18-10-7-13(8-11-18)17-14(19)16-9-5-6-12(2)3/h12-13H,4-11H2,1-3H3,(H2,16,17,19). The van der Waals surface area contributed by atoms with Crippen LogP contribution in [-0.2, 0) is 4.74 Å². The minimum absolute atomic E-state index is 0.103. The maximum absolute atomic E-state index is 11.7. The second-order valence-electron chi connectivity index (χ2n) is 5.90. The molecule has 1 rings (SSSR count). The maximum atomic E-state index is 11.7. The van der Waals surface area contributed by atoms with E-state index in [0.717, 1.165) is 25.7 Å². The molecule has 2 N–H and O–H groups in total. The molecule has 1 fully saturated rings. The zero-order chi connectivity index (χ0) is 15.7. The van der Waals surface area contributed by atoms with Gasteiger partial charge in [-0.15, -0.1) is 0 Å². The van der Waals surface area contributed by atoms with Crippen LogP contribution in [-0.4, -0.2) is 49.3 Å². The Hall–Kier alpha value is -1.46. The van der Waals surface area contributed by atoms with Gasteiger partial charge < -0.3 is 20.3 Å². The molecule has 1 heterocycles. The summed E-state index contributed by atoms with van der Waals surface area (Å²) in [5, 5.41) is 5.85. The summed E-state index contributed by atoms with van der Waals surface area (Å²) < 4.78 is 4.97. The largest absolute Gasteiger partial charge is 0.450 e. The molecule has 0 aliphatic carbocycles. The molecule has 0 aromatic rings. The Morgan fingerprint density at radius 1 is 1.29 bits per heavy atom. The zero-order valence-corrected chi connectivity index (χ0v) is 13.5. The number of carbonyl (C=O) groups excluding carboxylic acids is 2. The normalized spacial score (nSPS) is 15.9. The van der Waals surface area contributed by atoms with Gasteiger partial charge in [0, 0.05) is 25.7 Å². The van der Waals surface area contributed by atoms with Crippen LogP contribution in [0.25, 0.3) is 0 Å². The molecule has 21 heavy (non-hydrogen) atoms. The molecule has 122 valence electrons. The first-order chi connectivity index (χ1) is 10.0. The Morgan fingerprint density at radius 2 is 1.95 bits per heavy atom. The summed E-state index contributed by atoms with van der Waals surface area (Å²) in [6.45, 7) is 8.54. The summed E-state index contributed by atoms with van der Waals surface area (Å²) >= 11 is 0. The number of hydrogen-bond acceptors (Lipinski definition) is 3. The van der Waals surface area contributed by atoms with E-state index < -0.39 is 0 Å². The van der Waals surface area contributed by atoms with Crippen molar-refractivity contribution in [2.24, 2.45) is 5.92 Å². The van der Waals surface area contributed by atoms with Crippen molar-refractivity contribution in [2.45, 2.75) is 52.5 Å². The van der Waals surface area contributed by atoms with Crippen molar-refractivity contribution in [1.82, 2.24) is 15.5 Å². The molecule has 3 amide bonds. The van der Waals surface area contributed by atoms with Gasteiger partial charge in [-0.25, -0.2) is 9.59 Å². The third kappa shape index (κ3) is 7.20. The number of ether oxygens (including phenoxy) is 1. The number of amides is 3. The van der Waals surface area contributed by atoms with E-state index in [4.69, 9.17) is 4.74 Å². The third-order valence-corrected chi connectivity index (χ3v) is 3.60. The van der Waals surface area contributed by atoms with Crippen molar-refractivity contribution in [3.05, 3.63) is 0 Å². The van der Waals surface area contributed by atoms with Gasteiger partial charge >= 0.3 is 12.1 Å². The van der Waals surface area contributed by atoms with E-state index in [2.05, 4.69) is 24.5 Å². The summed E-state index contributed by atoms with van der Waals surface area (Å²) in [6.07, 6.45) is 3.43. The fourth-order valence-electron chi connectivity index (χ4n) is 2.37. The maximum Gasteiger partial charge on any atom is 0.409 e. The van der Waals surface area contributed by atoms with Crippen LogP contribution in [0.1, 0.15) is 46.5 Å². The van der Waals surface area contributed by atoms with Crippen molar-refractivity contribution >= 4 is 12.1 Å². The zero-order valence-electron chi connectivity index (χ0n) is 13.5. The Bertz CT molecular complexity index is 326. The van der Waals surface area contributed by atoms with E-state index >= 15 is 0 Å². The van der Waals surface area contributed by atoms with Crippen molar-refractivity contribution in [3.8, 4) is 0 Å². The Kier molecular flexibility index (Phi) is 7.93. The lowest BCUT2D eigenvalue weighted by atomic mass is 10.1. The Balaban J connectivity index is 2.14. The topological polar surface area (TPSA) is 70.7 Å². The summed E-state index contributed by atoms with van der Waals surface area (Å²) in [6, 6.07) is 0.0362. The van der Waals surface area contributed by atoms with Crippen LogP contribution in [0.4, 0.5) is 9.59 Å². The lowest BCUT2D eigenvalue weighted by Crippen LogP contribution is -2.49. The van der Waals surface area contributed by atoms with Crippen LogP contribution in [0, 0.1) is 5.92 Å². The number of nitrogens with one attached hydrogen (secondary N) is 2. The number of piperidine rings is 1. The summed E-state index contributed by atoms with van der Waals surface area (Å²) in [5.41, 5.74) is 0. The quantitative estimate of drug-likeness (QED) is 0.740. The molecule has 0 aromatic carbocycles. The van der Waals surface area contributed by atoms with E-state index in [0.29, 0.717) is 32.2 Å². The molecule has 1 aliphatic rings. The predicted octanol–water partition coefficient (Wildman–Crippen LogP) is 2.34. The van der Waals surface area contributed by atoms with E-state index in [1.54, 1.807) is 11.8 Å². The molecule has 1 aliphatic heterocycles. The lowest BCUT2D eigenvalue weighted by Gasteiger charge is -2.31. The van der Waals surface area contributed by atoms with Crippen molar-refractivity contribution in [2.75, 3.05) is 26.2 Å². The van der Waals surface area contributed by atoms with Crippen LogP contribution in [0.3, 0.4) is 0 Å². The SMILES string of the molecule is CCOC(=O)N1CCC(NC(=O)NCCCC(C)C)CC1. The van der Waals surface area contributed by atoms with Gasteiger partial charge in [-0.3, -0.25) is 0 Å². The average molecular weight is 299 g/mol. The van der Waals surface area contributed by atoms with Crippen LogP contribution < -0.4 is 10.6 Å². The van der Waals surface area contributed by atoms with Gasteiger partial charge in [-0.05, 0) is 38.5 Å². The Morgan fingerprint density at radius 3 is 2.52 bits per heavy atom. The number of urea groups is 1. The molecule has 6 heteroatoms. The van der Waals surface area contributed by atoms with Gasteiger partial charge in [0.25, 0.3) is 0 Å². The van der Waals surface area contributed by atoms with Crippen LogP contribution >= 0.6 is 0 Å². The first-order valence-corrected chi connectivity index (χ1v) is 7.99. The third-order valence-electron chi connectivity index (χ3n) is 3.60. The van der Waals surface area contributed by atoms with Crippen molar-refractivity contribution < 1.29 is 14.3 Å². The van der Waals surface area contributed by atoms with Crippen LogP contribution in [0.15, 0.2) is 0 Å². The van der Waals surface area contributed by atoms with E-state index in [1.807, 2.05) is 0 Å². The smallest absolute Gasteiger partial charge is 0.409 e. The molecular weight excluding hydrogens is 270 g/mol. The fraction of sp³-hybridized carbons (Fsp3) is 0.867. The predicted molar refractivity (Wildman–Crippen MR) is 82.2 cm³/mol. The molecule has 0 spiro atoms. The average Bonchev–Trinajstić information content (AvgIpc) is 2.44. The van der Waals surface area contributed by atoms with Gasteiger partial charge in [-0.2, -0.15) is 0 Å². The number of likely N-dealkylation sites (tertiary alicyclic amines) is 1. The van der Waals surface area contributed by atoms with Crippen molar-refractivity contribution in [3.63, 3.8) is 0 Å². The van der Waals surface area contributed by atoms with Gasteiger partial charge in [0.15, 0.2) is 0 Å². The molecule has 0 atom stereocenters. The summed E-state index contributed by atoms with van der Waals surface area (Å²) in [7, 11) is 0. The summed E-state index contributed by atoms with van der Waals surface area (Å²) in [5.74, 6) is 0.669. The molecule has 0 bridgehead atoms. The molecule has 1 saturated heterocycles. The first kappa shape index (κ1) is 17.6. The summed E-state index contributed by atoms with van der Waals surface area (Å²) in [4.78, 5) is 25.0. The fourth-order valence-corrected chi connectivity index (χ4v) is 2.37. The van der Waals surface area contributed by atoms with E-state index in [-0.39, 0.29) is 18.2 Å². The number of rotatable bonds is 6. The van der Waals surface area contributed by atoms with Gasteiger partial charge in [-0.1, -0.05) is 13.8 Å². The molecule has 0 unspecified atom stereocenters. The molecule has 0 radical (unpaired) electrons. The lowest BCUT2D eigenvalue weighted by molar-refractivity contribution is 0.0957. The van der Waals surface area contributed by atoms with E-state index in [9.17, 15) is 9.59 Å². The minimum atomic E-state index is -0.255. The molecule has 0 aromatic heterocycles.